The van der Waals surface area contributed by atoms with Gasteiger partial charge in [0.15, 0.2) is 5.13 Å². The zero-order valence-corrected chi connectivity index (χ0v) is 17.4. The Labute approximate surface area is 172 Å². The van der Waals surface area contributed by atoms with E-state index in [1.54, 1.807) is 38.2 Å². The van der Waals surface area contributed by atoms with Crippen LogP contribution in [0, 0.1) is 18.6 Å². The summed E-state index contributed by atoms with van der Waals surface area (Å²) in [6.45, 7) is 1.66. The number of aromatic nitrogens is 1. The lowest BCUT2D eigenvalue weighted by molar-refractivity contribution is -0.117. The van der Waals surface area contributed by atoms with Crippen LogP contribution in [-0.4, -0.2) is 28.0 Å². The maximum atomic E-state index is 13.9. The molecule has 3 aromatic rings. The van der Waals surface area contributed by atoms with Gasteiger partial charge in [0.2, 0.25) is 5.91 Å². The third-order valence-electron chi connectivity index (χ3n) is 4.27. The van der Waals surface area contributed by atoms with E-state index in [4.69, 9.17) is 5.14 Å². The number of aryl methyl sites for hydroxylation is 1. The number of nitrogens with two attached hydrogens (primary N) is 1. The number of hydrogen-bond donors (Lipinski definition) is 1. The Kier molecular flexibility index (Phi) is 5.83. The molecule has 2 aromatic carbocycles. The van der Waals surface area contributed by atoms with Crippen molar-refractivity contribution in [3.63, 3.8) is 0 Å². The number of likely N-dealkylation sites (N-methyl/N-ethyl adjacent to an activating group) is 1. The molecule has 3 rings (SSSR count). The molecule has 152 valence electrons. The molecule has 0 bridgehead atoms. The third-order valence-corrected chi connectivity index (χ3v) is 7.31. The minimum absolute atomic E-state index is 0.0821. The summed E-state index contributed by atoms with van der Waals surface area (Å²) in [5.41, 5.74) is 1.86. The lowest BCUT2D eigenvalue weighted by Crippen LogP contribution is -2.27. The lowest BCUT2D eigenvalue weighted by Gasteiger charge is -2.14. The van der Waals surface area contributed by atoms with E-state index in [1.807, 2.05) is 0 Å². The Morgan fingerprint density at radius 3 is 2.48 bits per heavy atom. The van der Waals surface area contributed by atoms with E-state index in [9.17, 15) is 17.8 Å². The Hall–Kier alpha value is -2.62. The fourth-order valence-corrected chi connectivity index (χ4v) is 4.87. The lowest BCUT2D eigenvalue weighted by atomic mass is 10.0. The number of rotatable bonds is 5. The molecule has 0 spiro atoms. The molecule has 0 saturated carbocycles. The van der Waals surface area contributed by atoms with Gasteiger partial charge in [-0.15, -0.1) is 0 Å². The first-order chi connectivity index (χ1) is 13.6. The number of halogens is 2. The van der Waals surface area contributed by atoms with Gasteiger partial charge in [-0.1, -0.05) is 35.6 Å². The van der Waals surface area contributed by atoms with E-state index >= 15 is 0 Å². The summed E-state index contributed by atoms with van der Waals surface area (Å²) in [7, 11) is -1.34. The van der Waals surface area contributed by atoms with Gasteiger partial charge in [-0.25, -0.2) is 18.0 Å². The maximum absolute atomic E-state index is 13.9. The van der Waals surface area contributed by atoms with Crippen LogP contribution in [-0.2, 0) is 20.9 Å². The van der Waals surface area contributed by atoms with Crippen molar-refractivity contribution in [2.75, 3.05) is 11.9 Å². The molecule has 0 aliphatic heterocycles. The first-order valence-electron chi connectivity index (χ1n) is 8.49. The molecule has 1 aromatic heterocycles. The first-order valence-corrected chi connectivity index (χ1v) is 11.1. The van der Waals surface area contributed by atoms with Crippen LogP contribution in [0.3, 0.4) is 0 Å². The van der Waals surface area contributed by atoms with E-state index in [-0.39, 0.29) is 17.9 Å². The smallest absolute Gasteiger partial charge is 0.232 e. The molecular weight excluding hydrogens is 416 g/mol. The molecule has 0 fully saturated rings. The molecule has 5 nitrogen and oxygen atoms in total. The number of amides is 1. The van der Waals surface area contributed by atoms with Crippen molar-refractivity contribution in [1.29, 1.82) is 0 Å². The van der Waals surface area contributed by atoms with Crippen molar-refractivity contribution >= 4 is 38.0 Å². The molecular formula is C20H19F2N3O2S2. The number of carbonyl (C=O) groups is 1. The van der Waals surface area contributed by atoms with Gasteiger partial charge in [-0.3, -0.25) is 14.8 Å². The second kappa shape index (κ2) is 8.02. The van der Waals surface area contributed by atoms with Crippen LogP contribution in [0.25, 0.3) is 11.1 Å². The van der Waals surface area contributed by atoms with Crippen molar-refractivity contribution in [2.24, 2.45) is 5.14 Å². The normalized spacial score (nSPS) is 13.1. The summed E-state index contributed by atoms with van der Waals surface area (Å²) in [4.78, 5) is 18.2. The molecule has 0 saturated heterocycles. The van der Waals surface area contributed by atoms with E-state index in [1.165, 1.54) is 4.90 Å². The van der Waals surface area contributed by atoms with Crippen LogP contribution in [0.4, 0.5) is 13.9 Å². The van der Waals surface area contributed by atoms with Crippen LogP contribution in [0.5, 0.6) is 0 Å². The molecule has 29 heavy (non-hydrogen) atoms. The number of carbonyl (C=O) groups excluding carboxylic acids is 1. The summed E-state index contributed by atoms with van der Waals surface area (Å²) >= 11 is 1.07. The van der Waals surface area contributed by atoms with Gasteiger partial charge in [0.1, 0.15) is 15.8 Å². The van der Waals surface area contributed by atoms with Crippen molar-refractivity contribution in [3.8, 4) is 11.1 Å². The second-order valence-corrected chi connectivity index (χ2v) is 9.64. The highest BCUT2D eigenvalue weighted by molar-refractivity contribution is 8.00. The van der Waals surface area contributed by atoms with Gasteiger partial charge in [0.25, 0.3) is 0 Å². The van der Waals surface area contributed by atoms with E-state index < -0.39 is 21.3 Å². The molecule has 1 amide bonds. The summed E-state index contributed by atoms with van der Waals surface area (Å²) in [6, 6.07) is 9.91. The van der Waals surface area contributed by atoms with Crippen molar-refractivity contribution in [2.45, 2.75) is 17.6 Å². The summed E-state index contributed by atoms with van der Waals surface area (Å²) in [6.07, 6.45) is 0.0821. The minimum atomic E-state index is -2.91. The highest BCUT2D eigenvalue weighted by Gasteiger charge is 2.20. The average Bonchev–Trinajstić information content (AvgIpc) is 3.06. The number of thiazole rings is 1. The monoisotopic (exact) mass is 435 g/mol. The van der Waals surface area contributed by atoms with Gasteiger partial charge < -0.3 is 0 Å². The van der Waals surface area contributed by atoms with Crippen LogP contribution in [0.1, 0.15) is 11.3 Å². The van der Waals surface area contributed by atoms with Crippen LogP contribution in [0.15, 0.2) is 46.7 Å². The molecule has 2 N–H and O–H groups in total. The summed E-state index contributed by atoms with van der Waals surface area (Å²) < 4.78 is 39.6. The average molecular weight is 436 g/mol. The summed E-state index contributed by atoms with van der Waals surface area (Å²) in [5.74, 6) is 2.17. The first kappa shape index (κ1) is 21.1. The second-order valence-electron chi connectivity index (χ2n) is 6.55. The van der Waals surface area contributed by atoms with Gasteiger partial charge in [-0.05, 0) is 42.1 Å². The quantitative estimate of drug-likeness (QED) is 0.623. The SMILES string of the molecule is C=S(N)(=O)c1sc(N(C)C(=O)Cc2ccc(-c3cc(F)ccc3F)cc2)nc1C. The molecule has 9 heteroatoms. The van der Waals surface area contributed by atoms with Gasteiger partial charge >= 0.3 is 0 Å². The van der Waals surface area contributed by atoms with Crippen LogP contribution < -0.4 is 10.0 Å². The fraction of sp³-hybridized carbons (Fsp3) is 0.150. The van der Waals surface area contributed by atoms with Crippen LogP contribution >= 0.6 is 11.3 Å². The Bertz CT molecular complexity index is 1170. The molecule has 1 heterocycles. The number of anilines is 1. The third kappa shape index (κ3) is 4.69. The Morgan fingerprint density at radius 1 is 1.24 bits per heavy atom. The van der Waals surface area contributed by atoms with Crippen LogP contribution in [0.2, 0.25) is 0 Å². The predicted octanol–water partition coefficient (Wildman–Crippen LogP) is 3.55. The Balaban J connectivity index is 1.76. The van der Waals surface area contributed by atoms with Gasteiger partial charge in [-0.2, -0.15) is 0 Å². The van der Waals surface area contributed by atoms with Crippen molar-refractivity contribution in [1.82, 2.24) is 4.98 Å². The van der Waals surface area contributed by atoms with E-state index in [0.29, 0.717) is 26.2 Å². The molecule has 1 atom stereocenters. The zero-order valence-electron chi connectivity index (χ0n) is 15.8. The largest absolute Gasteiger partial charge is 0.291 e. The standard InChI is InChI=1S/C20H19F2N3O2S2/c1-12-19(29(3,23)27)28-20(24-12)25(2)18(26)10-13-4-6-14(7-5-13)16-11-15(21)8-9-17(16)22/h4-9,11H,3,10H2,1-2H3,(H2,23,27). The van der Waals surface area contributed by atoms with E-state index in [2.05, 4.69) is 10.9 Å². The predicted molar refractivity (Wildman–Crippen MR) is 113 cm³/mol. The zero-order chi connectivity index (χ0) is 21.3. The van der Waals surface area contributed by atoms with E-state index in [0.717, 1.165) is 29.5 Å². The maximum Gasteiger partial charge on any atom is 0.232 e. The van der Waals surface area contributed by atoms with Gasteiger partial charge in [0, 0.05) is 12.6 Å². The molecule has 1 unspecified atom stereocenters. The van der Waals surface area contributed by atoms with Crippen molar-refractivity contribution < 1.29 is 17.8 Å². The number of benzene rings is 2. The molecule has 0 aliphatic carbocycles. The highest BCUT2D eigenvalue weighted by atomic mass is 32.2. The highest BCUT2D eigenvalue weighted by Crippen LogP contribution is 2.29. The van der Waals surface area contributed by atoms with Crippen molar-refractivity contribution in [3.05, 3.63) is 65.4 Å². The Morgan fingerprint density at radius 2 is 1.90 bits per heavy atom. The minimum Gasteiger partial charge on any atom is -0.291 e. The topological polar surface area (TPSA) is 76.3 Å². The van der Waals surface area contributed by atoms with Gasteiger partial charge in [0.05, 0.1) is 21.8 Å². The number of hydrogen-bond acceptors (Lipinski definition) is 4. The summed E-state index contributed by atoms with van der Waals surface area (Å²) in [5, 5.41) is 5.96. The fourth-order valence-electron chi connectivity index (χ4n) is 2.75. The molecule has 0 aliphatic rings. The number of nitrogens with zero attached hydrogens (tertiary/aromatic N) is 2. The molecule has 0 radical (unpaired) electrons.